The zero-order valence-electron chi connectivity index (χ0n) is 12.7. The quantitative estimate of drug-likeness (QED) is 0.889. The van der Waals surface area contributed by atoms with Crippen LogP contribution in [0.25, 0.3) is 0 Å². The van der Waals surface area contributed by atoms with Crippen LogP contribution in [-0.2, 0) is 0 Å². The van der Waals surface area contributed by atoms with Crippen LogP contribution < -0.4 is 14.8 Å². The van der Waals surface area contributed by atoms with E-state index in [2.05, 4.69) is 44.3 Å². The van der Waals surface area contributed by atoms with Gasteiger partial charge in [0.25, 0.3) is 0 Å². The monoisotopic (exact) mass is 275 g/mol. The summed E-state index contributed by atoms with van der Waals surface area (Å²) >= 11 is 0. The lowest BCUT2D eigenvalue weighted by Crippen LogP contribution is -2.39. The minimum Gasteiger partial charge on any atom is -0.493 e. The van der Waals surface area contributed by atoms with Gasteiger partial charge in [-0.05, 0) is 45.2 Å². The van der Waals surface area contributed by atoms with E-state index in [9.17, 15) is 0 Å². The van der Waals surface area contributed by atoms with Gasteiger partial charge in [-0.25, -0.2) is 0 Å². The van der Waals surface area contributed by atoms with E-state index in [0.29, 0.717) is 6.04 Å². The van der Waals surface area contributed by atoms with Gasteiger partial charge in [-0.3, -0.25) is 0 Å². The second-order valence-corrected chi connectivity index (χ2v) is 6.63. The van der Waals surface area contributed by atoms with E-state index in [0.717, 1.165) is 37.0 Å². The third-order valence-electron chi connectivity index (χ3n) is 4.08. The fraction of sp³-hybridized carbons (Fsp3) is 0.647. The smallest absolute Gasteiger partial charge is 0.128 e. The minimum atomic E-state index is -0.130. The van der Waals surface area contributed by atoms with Gasteiger partial charge in [0.2, 0.25) is 0 Å². The van der Waals surface area contributed by atoms with Crippen LogP contribution in [0.2, 0.25) is 0 Å². The van der Waals surface area contributed by atoms with Crippen LogP contribution >= 0.6 is 0 Å². The Morgan fingerprint density at radius 2 is 2.15 bits per heavy atom. The van der Waals surface area contributed by atoms with Gasteiger partial charge in [-0.2, -0.15) is 0 Å². The number of benzene rings is 1. The normalized spacial score (nSPS) is 23.9. The maximum atomic E-state index is 6.14. The summed E-state index contributed by atoms with van der Waals surface area (Å²) < 4.78 is 12.0. The summed E-state index contributed by atoms with van der Waals surface area (Å²) in [7, 11) is 0. The van der Waals surface area contributed by atoms with Crippen molar-refractivity contribution in [3.05, 3.63) is 23.8 Å². The zero-order valence-corrected chi connectivity index (χ0v) is 12.7. The molecule has 1 aromatic carbocycles. The fourth-order valence-corrected chi connectivity index (χ4v) is 2.85. The Bertz CT molecular complexity index is 480. The number of hydrogen-bond donors (Lipinski definition) is 1. The Hall–Kier alpha value is -1.22. The zero-order chi connectivity index (χ0) is 14.2. The molecular formula is C17H25NO2. The van der Waals surface area contributed by atoms with Crippen LogP contribution in [0.15, 0.2) is 18.2 Å². The first-order valence-corrected chi connectivity index (χ1v) is 7.76. The van der Waals surface area contributed by atoms with E-state index < -0.39 is 0 Å². The predicted molar refractivity (Wildman–Crippen MR) is 80.4 cm³/mol. The van der Waals surface area contributed by atoms with Crippen LogP contribution in [0.5, 0.6) is 11.5 Å². The predicted octanol–water partition coefficient (Wildman–Crippen LogP) is 3.69. The largest absolute Gasteiger partial charge is 0.493 e. The first kappa shape index (κ1) is 13.7. The highest BCUT2D eigenvalue weighted by molar-refractivity contribution is 5.44. The van der Waals surface area contributed by atoms with Crippen molar-refractivity contribution in [2.24, 2.45) is 5.92 Å². The fourth-order valence-electron chi connectivity index (χ4n) is 2.85. The molecule has 0 radical (unpaired) electrons. The van der Waals surface area contributed by atoms with Gasteiger partial charge in [-0.15, -0.1) is 0 Å². The summed E-state index contributed by atoms with van der Waals surface area (Å²) in [6.07, 6.45) is 3.63. The Kier molecular flexibility index (Phi) is 3.63. The average Bonchev–Trinajstić information content (AvgIpc) is 3.19. The molecule has 110 valence electrons. The second kappa shape index (κ2) is 5.28. The van der Waals surface area contributed by atoms with Crippen LogP contribution in [-0.4, -0.2) is 18.8 Å². The Balaban J connectivity index is 1.80. The maximum Gasteiger partial charge on any atom is 0.128 e. The summed E-state index contributed by atoms with van der Waals surface area (Å²) in [5.74, 6) is 2.68. The van der Waals surface area contributed by atoms with Gasteiger partial charge < -0.3 is 14.8 Å². The summed E-state index contributed by atoms with van der Waals surface area (Å²) in [4.78, 5) is 0. The van der Waals surface area contributed by atoms with Gasteiger partial charge in [0.1, 0.15) is 17.1 Å². The molecule has 1 saturated carbocycles. The molecule has 2 aliphatic rings. The SMILES string of the molecule is CCNC1CC(C)(C)Oc2cc(OCC3CC3)ccc21. The molecule has 1 unspecified atom stereocenters. The average molecular weight is 275 g/mol. The molecule has 1 heterocycles. The number of rotatable bonds is 5. The molecule has 1 aliphatic carbocycles. The lowest BCUT2D eigenvalue weighted by Gasteiger charge is -2.38. The van der Waals surface area contributed by atoms with Crippen molar-refractivity contribution in [3.8, 4) is 11.5 Å². The third-order valence-corrected chi connectivity index (χ3v) is 4.08. The molecule has 1 aliphatic heterocycles. The van der Waals surface area contributed by atoms with E-state index in [1.807, 2.05) is 0 Å². The lowest BCUT2D eigenvalue weighted by atomic mass is 9.89. The van der Waals surface area contributed by atoms with E-state index in [4.69, 9.17) is 9.47 Å². The van der Waals surface area contributed by atoms with Crippen molar-refractivity contribution in [2.45, 2.75) is 51.7 Å². The highest BCUT2D eigenvalue weighted by Crippen LogP contribution is 2.41. The van der Waals surface area contributed by atoms with E-state index in [-0.39, 0.29) is 5.60 Å². The molecule has 0 amide bonds. The summed E-state index contributed by atoms with van der Waals surface area (Å²) in [6, 6.07) is 6.66. The molecule has 1 aromatic rings. The van der Waals surface area contributed by atoms with Crippen LogP contribution in [0.4, 0.5) is 0 Å². The summed E-state index contributed by atoms with van der Waals surface area (Å²) in [5, 5.41) is 3.56. The van der Waals surface area contributed by atoms with E-state index >= 15 is 0 Å². The number of hydrogen-bond acceptors (Lipinski definition) is 3. The van der Waals surface area contributed by atoms with Gasteiger partial charge in [0.15, 0.2) is 0 Å². The first-order valence-electron chi connectivity index (χ1n) is 7.76. The minimum absolute atomic E-state index is 0.130. The molecule has 20 heavy (non-hydrogen) atoms. The van der Waals surface area contributed by atoms with Gasteiger partial charge in [0, 0.05) is 24.1 Å². The van der Waals surface area contributed by atoms with E-state index in [1.165, 1.54) is 18.4 Å². The molecular weight excluding hydrogens is 250 g/mol. The molecule has 3 heteroatoms. The molecule has 0 spiro atoms. The molecule has 1 N–H and O–H groups in total. The molecule has 3 rings (SSSR count). The van der Waals surface area contributed by atoms with Gasteiger partial charge in [-0.1, -0.05) is 13.0 Å². The molecule has 1 atom stereocenters. The topological polar surface area (TPSA) is 30.5 Å². The molecule has 1 fully saturated rings. The molecule has 0 saturated heterocycles. The van der Waals surface area contributed by atoms with Crippen molar-refractivity contribution in [1.29, 1.82) is 0 Å². The lowest BCUT2D eigenvalue weighted by molar-refractivity contribution is 0.0660. The van der Waals surface area contributed by atoms with Crippen molar-refractivity contribution in [1.82, 2.24) is 5.32 Å². The molecule has 0 aromatic heterocycles. The van der Waals surface area contributed by atoms with Crippen LogP contribution in [0, 0.1) is 5.92 Å². The van der Waals surface area contributed by atoms with Crippen molar-refractivity contribution >= 4 is 0 Å². The standard InChI is InChI=1S/C17H25NO2/c1-4-18-15-10-17(2,3)20-16-9-13(7-8-14(15)16)19-11-12-5-6-12/h7-9,12,15,18H,4-6,10-11H2,1-3H3. The Labute approximate surface area is 121 Å². The number of nitrogens with one attached hydrogen (secondary N) is 1. The first-order chi connectivity index (χ1) is 9.57. The summed E-state index contributed by atoms with van der Waals surface area (Å²) in [6.45, 7) is 8.27. The Morgan fingerprint density at radius 3 is 2.85 bits per heavy atom. The van der Waals surface area contributed by atoms with Gasteiger partial charge in [0.05, 0.1) is 6.61 Å². The second-order valence-electron chi connectivity index (χ2n) is 6.63. The van der Waals surface area contributed by atoms with Crippen molar-refractivity contribution < 1.29 is 9.47 Å². The highest BCUT2D eigenvalue weighted by atomic mass is 16.5. The number of ether oxygens (including phenoxy) is 2. The molecule has 3 nitrogen and oxygen atoms in total. The van der Waals surface area contributed by atoms with Gasteiger partial charge >= 0.3 is 0 Å². The Morgan fingerprint density at radius 1 is 1.35 bits per heavy atom. The number of fused-ring (bicyclic) bond motifs is 1. The van der Waals surface area contributed by atoms with Crippen LogP contribution in [0.1, 0.15) is 51.6 Å². The van der Waals surface area contributed by atoms with Crippen molar-refractivity contribution in [2.75, 3.05) is 13.2 Å². The third kappa shape index (κ3) is 3.09. The van der Waals surface area contributed by atoms with E-state index in [1.54, 1.807) is 0 Å². The summed E-state index contributed by atoms with van der Waals surface area (Å²) in [5.41, 5.74) is 1.12. The highest BCUT2D eigenvalue weighted by Gasteiger charge is 2.33. The molecule has 0 bridgehead atoms. The maximum absolute atomic E-state index is 6.14. The van der Waals surface area contributed by atoms with Crippen LogP contribution in [0.3, 0.4) is 0 Å². The van der Waals surface area contributed by atoms with Crippen molar-refractivity contribution in [3.63, 3.8) is 0 Å².